The number of aromatic nitrogens is 2. The van der Waals surface area contributed by atoms with Gasteiger partial charge in [0.05, 0.1) is 5.02 Å². The van der Waals surface area contributed by atoms with Gasteiger partial charge in [0.1, 0.15) is 11.3 Å². The van der Waals surface area contributed by atoms with E-state index in [-0.39, 0.29) is 10.8 Å². The summed E-state index contributed by atoms with van der Waals surface area (Å²) in [5, 5.41) is 11.6. The van der Waals surface area contributed by atoms with Crippen LogP contribution in [0.5, 0.6) is 0 Å². The van der Waals surface area contributed by atoms with Crippen LogP contribution in [0, 0.1) is 5.82 Å². The fourth-order valence-corrected chi connectivity index (χ4v) is 1.85. The molecular weight excluding hydrogens is 249 g/mol. The van der Waals surface area contributed by atoms with Crippen LogP contribution in [0.4, 0.5) is 9.52 Å². The van der Waals surface area contributed by atoms with Gasteiger partial charge in [-0.15, -0.1) is 10.2 Å². The molecule has 0 bridgehead atoms. The van der Waals surface area contributed by atoms with Crippen LogP contribution in [-0.2, 0) is 6.42 Å². The number of nitrogens with one attached hydrogen (secondary N) is 1. The molecule has 0 radical (unpaired) electrons. The Labute approximate surface area is 101 Å². The standard InChI is InChI=1S/C10H9ClFN3S/c11-8-2-1-7(5-9(8)12)3-4-13-10-15-14-6-16-10/h1-2,5-6H,3-4H2,(H,13,15). The number of halogens is 2. The molecule has 0 unspecified atom stereocenters. The van der Waals surface area contributed by atoms with Gasteiger partial charge in [-0.25, -0.2) is 4.39 Å². The summed E-state index contributed by atoms with van der Waals surface area (Å²) in [7, 11) is 0. The molecule has 3 nitrogen and oxygen atoms in total. The highest BCUT2D eigenvalue weighted by Crippen LogP contribution is 2.16. The van der Waals surface area contributed by atoms with Crippen LogP contribution in [-0.4, -0.2) is 16.7 Å². The van der Waals surface area contributed by atoms with Crippen molar-refractivity contribution in [2.45, 2.75) is 6.42 Å². The molecule has 1 heterocycles. The Morgan fingerprint density at radius 1 is 1.44 bits per heavy atom. The molecule has 6 heteroatoms. The number of benzene rings is 1. The molecule has 0 fully saturated rings. The van der Waals surface area contributed by atoms with Crippen molar-refractivity contribution >= 4 is 28.1 Å². The average molecular weight is 258 g/mol. The van der Waals surface area contributed by atoms with Gasteiger partial charge in [-0.2, -0.15) is 0 Å². The van der Waals surface area contributed by atoms with Crippen LogP contribution < -0.4 is 5.32 Å². The maximum atomic E-state index is 13.1. The zero-order valence-corrected chi connectivity index (χ0v) is 9.85. The number of hydrogen-bond acceptors (Lipinski definition) is 4. The number of rotatable bonds is 4. The first kappa shape index (κ1) is 11.3. The van der Waals surface area contributed by atoms with Crippen molar-refractivity contribution in [1.29, 1.82) is 0 Å². The van der Waals surface area contributed by atoms with Crippen LogP contribution in [0.3, 0.4) is 0 Å². The summed E-state index contributed by atoms with van der Waals surface area (Å²) in [6.07, 6.45) is 0.716. The largest absolute Gasteiger partial charge is 0.360 e. The molecule has 0 aliphatic carbocycles. The van der Waals surface area contributed by atoms with Gasteiger partial charge in [0.25, 0.3) is 0 Å². The lowest BCUT2D eigenvalue weighted by molar-refractivity contribution is 0.626. The van der Waals surface area contributed by atoms with Crippen molar-refractivity contribution < 1.29 is 4.39 Å². The predicted octanol–water partition coefficient (Wildman–Crippen LogP) is 2.99. The molecule has 0 saturated heterocycles. The van der Waals surface area contributed by atoms with Crippen molar-refractivity contribution in [1.82, 2.24) is 10.2 Å². The smallest absolute Gasteiger partial charge is 0.205 e. The van der Waals surface area contributed by atoms with Crippen LogP contribution in [0.25, 0.3) is 0 Å². The van der Waals surface area contributed by atoms with Gasteiger partial charge in [0, 0.05) is 6.54 Å². The van der Waals surface area contributed by atoms with E-state index in [1.165, 1.54) is 17.4 Å². The fraction of sp³-hybridized carbons (Fsp3) is 0.200. The Balaban J connectivity index is 1.87. The highest BCUT2D eigenvalue weighted by molar-refractivity contribution is 7.13. The van der Waals surface area contributed by atoms with Crippen LogP contribution in [0.15, 0.2) is 23.7 Å². The Kier molecular flexibility index (Phi) is 3.69. The molecule has 84 valence electrons. The molecular formula is C10H9ClFN3S. The quantitative estimate of drug-likeness (QED) is 0.915. The van der Waals surface area contributed by atoms with Gasteiger partial charge in [-0.3, -0.25) is 0 Å². The molecule has 0 atom stereocenters. The molecule has 1 N–H and O–H groups in total. The van der Waals surface area contributed by atoms with Crippen molar-refractivity contribution in [2.24, 2.45) is 0 Å². The maximum Gasteiger partial charge on any atom is 0.205 e. The number of nitrogens with zero attached hydrogens (tertiary/aromatic N) is 2. The summed E-state index contributed by atoms with van der Waals surface area (Å²) >= 11 is 7.02. The first-order valence-electron chi connectivity index (χ1n) is 4.69. The zero-order chi connectivity index (χ0) is 11.4. The van der Waals surface area contributed by atoms with E-state index in [0.29, 0.717) is 13.0 Å². The van der Waals surface area contributed by atoms with Gasteiger partial charge in [0.15, 0.2) is 0 Å². The Morgan fingerprint density at radius 3 is 3.00 bits per heavy atom. The third-order valence-corrected chi connectivity index (χ3v) is 2.99. The lowest BCUT2D eigenvalue weighted by Crippen LogP contribution is -2.04. The second kappa shape index (κ2) is 5.23. The summed E-state index contributed by atoms with van der Waals surface area (Å²) in [6.45, 7) is 0.691. The normalized spacial score (nSPS) is 10.4. The van der Waals surface area contributed by atoms with Crippen LogP contribution in [0.2, 0.25) is 5.02 Å². The van der Waals surface area contributed by atoms with Gasteiger partial charge in [0.2, 0.25) is 5.13 Å². The van der Waals surface area contributed by atoms with E-state index >= 15 is 0 Å². The summed E-state index contributed by atoms with van der Waals surface area (Å²) in [5.74, 6) is -0.380. The van der Waals surface area contributed by atoms with Gasteiger partial charge >= 0.3 is 0 Å². The van der Waals surface area contributed by atoms with E-state index in [4.69, 9.17) is 11.6 Å². The minimum atomic E-state index is -0.380. The Bertz CT molecular complexity index is 461. The molecule has 2 rings (SSSR count). The Hall–Kier alpha value is -1.20. The Morgan fingerprint density at radius 2 is 2.31 bits per heavy atom. The first-order valence-corrected chi connectivity index (χ1v) is 5.95. The van der Waals surface area contributed by atoms with Gasteiger partial charge < -0.3 is 5.32 Å². The van der Waals surface area contributed by atoms with Gasteiger partial charge in [-0.1, -0.05) is 29.0 Å². The van der Waals surface area contributed by atoms with E-state index in [2.05, 4.69) is 15.5 Å². The average Bonchev–Trinajstić information content (AvgIpc) is 2.76. The second-order valence-corrected chi connectivity index (χ2v) is 4.41. The molecule has 0 amide bonds. The molecule has 0 aliphatic heterocycles. The van der Waals surface area contributed by atoms with Crippen molar-refractivity contribution in [3.8, 4) is 0 Å². The highest BCUT2D eigenvalue weighted by Gasteiger charge is 2.01. The summed E-state index contributed by atoms with van der Waals surface area (Å²) in [4.78, 5) is 0. The molecule has 0 saturated carbocycles. The minimum absolute atomic E-state index is 0.154. The van der Waals surface area contributed by atoms with Crippen molar-refractivity contribution in [3.05, 3.63) is 40.1 Å². The van der Waals surface area contributed by atoms with Crippen LogP contribution in [0.1, 0.15) is 5.56 Å². The van der Waals surface area contributed by atoms with E-state index in [9.17, 15) is 4.39 Å². The van der Waals surface area contributed by atoms with Crippen molar-refractivity contribution in [2.75, 3.05) is 11.9 Å². The third-order valence-electron chi connectivity index (χ3n) is 2.03. The van der Waals surface area contributed by atoms with Crippen LogP contribution >= 0.6 is 22.9 Å². The van der Waals surface area contributed by atoms with E-state index in [0.717, 1.165) is 10.7 Å². The molecule has 16 heavy (non-hydrogen) atoms. The monoisotopic (exact) mass is 257 g/mol. The lowest BCUT2D eigenvalue weighted by Gasteiger charge is -2.03. The molecule has 0 spiro atoms. The number of hydrogen-bond donors (Lipinski definition) is 1. The van der Waals surface area contributed by atoms with E-state index < -0.39 is 0 Å². The maximum absolute atomic E-state index is 13.1. The number of anilines is 1. The minimum Gasteiger partial charge on any atom is -0.360 e. The third kappa shape index (κ3) is 2.90. The van der Waals surface area contributed by atoms with Crippen molar-refractivity contribution in [3.63, 3.8) is 0 Å². The summed E-state index contributed by atoms with van der Waals surface area (Å²) in [5.41, 5.74) is 2.56. The van der Waals surface area contributed by atoms with E-state index in [1.807, 2.05) is 6.07 Å². The SMILES string of the molecule is Fc1cc(CCNc2nncs2)ccc1Cl. The summed E-state index contributed by atoms with van der Waals surface area (Å²) in [6, 6.07) is 4.83. The van der Waals surface area contributed by atoms with Gasteiger partial charge in [-0.05, 0) is 24.1 Å². The van der Waals surface area contributed by atoms with E-state index in [1.54, 1.807) is 11.6 Å². The highest BCUT2D eigenvalue weighted by atomic mass is 35.5. The lowest BCUT2D eigenvalue weighted by atomic mass is 10.1. The first-order chi connectivity index (χ1) is 7.75. The predicted molar refractivity (Wildman–Crippen MR) is 63.5 cm³/mol. The second-order valence-electron chi connectivity index (χ2n) is 3.17. The molecule has 1 aromatic carbocycles. The topological polar surface area (TPSA) is 37.8 Å². The summed E-state index contributed by atoms with van der Waals surface area (Å²) < 4.78 is 13.1. The fourth-order valence-electron chi connectivity index (χ4n) is 1.26. The molecule has 0 aliphatic rings. The molecule has 1 aromatic heterocycles. The molecule has 2 aromatic rings. The zero-order valence-electron chi connectivity index (χ0n) is 8.28.